The molecule has 0 saturated heterocycles. The molecule has 6 nitrogen and oxygen atoms in total. The Balaban J connectivity index is 1.45. The van der Waals surface area contributed by atoms with Crippen LogP contribution in [0.2, 0.25) is 0 Å². The van der Waals surface area contributed by atoms with Crippen LogP contribution in [0.25, 0.3) is 22.3 Å². The summed E-state index contributed by atoms with van der Waals surface area (Å²) in [6.45, 7) is 0.175. The van der Waals surface area contributed by atoms with E-state index >= 15 is 0 Å². The van der Waals surface area contributed by atoms with Gasteiger partial charge in [-0.05, 0) is 12.1 Å². The highest BCUT2D eigenvalue weighted by molar-refractivity contribution is 5.97. The number of aromatic nitrogens is 3. The van der Waals surface area contributed by atoms with Gasteiger partial charge in [0.05, 0.1) is 6.54 Å². The van der Waals surface area contributed by atoms with E-state index < -0.39 is 0 Å². The molecule has 2 N–H and O–H groups in total. The van der Waals surface area contributed by atoms with Crippen LogP contribution in [0.3, 0.4) is 0 Å². The molecule has 1 amide bonds. The summed E-state index contributed by atoms with van der Waals surface area (Å²) in [5.74, 6) is 0.648. The number of nitrogens with one attached hydrogen (secondary N) is 2. The third-order valence-corrected chi connectivity index (χ3v) is 3.67. The van der Waals surface area contributed by atoms with Gasteiger partial charge < -0.3 is 14.8 Å². The van der Waals surface area contributed by atoms with Crippen LogP contribution in [0.4, 0.5) is 0 Å². The van der Waals surface area contributed by atoms with Crippen molar-refractivity contribution in [1.82, 2.24) is 20.4 Å². The van der Waals surface area contributed by atoms with Gasteiger partial charge in [-0.15, -0.1) is 0 Å². The molecule has 0 aliphatic carbocycles. The fourth-order valence-corrected chi connectivity index (χ4v) is 2.48. The Hall–Kier alpha value is -3.41. The quantitative estimate of drug-likeness (QED) is 0.605. The minimum Gasteiger partial charge on any atom is -0.351 e. The summed E-state index contributed by atoms with van der Waals surface area (Å²) in [4.78, 5) is 19.6. The van der Waals surface area contributed by atoms with E-state index in [4.69, 9.17) is 4.52 Å². The average Bonchev–Trinajstić information content (AvgIpc) is 3.27. The first-order chi connectivity index (χ1) is 11.8. The molecular formula is C18H14N4O2. The summed E-state index contributed by atoms with van der Waals surface area (Å²) < 4.78 is 5.18. The molecule has 0 unspecified atom stereocenters. The summed E-state index contributed by atoms with van der Waals surface area (Å²) >= 11 is 0. The molecule has 24 heavy (non-hydrogen) atoms. The second-order valence-corrected chi connectivity index (χ2v) is 5.33. The van der Waals surface area contributed by atoms with Crippen molar-refractivity contribution < 1.29 is 9.32 Å². The fourth-order valence-electron chi connectivity index (χ4n) is 2.48. The van der Waals surface area contributed by atoms with E-state index in [2.05, 4.69) is 20.4 Å². The summed E-state index contributed by atoms with van der Waals surface area (Å²) in [6.07, 6.45) is 0. The number of amides is 1. The summed E-state index contributed by atoms with van der Waals surface area (Å²) in [6, 6.07) is 19.1. The second kappa shape index (κ2) is 6.00. The van der Waals surface area contributed by atoms with Crippen molar-refractivity contribution in [2.75, 3.05) is 0 Å². The lowest BCUT2D eigenvalue weighted by molar-refractivity contribution is 0.0942. The second-order valence-electron chi connectivity index (χ2n) is 5.33. The van der Waals surface area contributed by atoms with Gasteiger partial charge in [0, 0.05) is 16.5 Å². The highest BCUT2D eigenvalue weighted by Gasteiger charge is 2.12. The van der Waals surface area contributed by atoms with Gasteiger partial charge in [0.1, 0.15) is 5.69 Å². The van der Waals surface area contributed by atoms with E-state index in [1.54, 1.807) is 0 Å². The molecule has 4 aromatic rings. The molecule has 0 bridgehead atoms. The molecule has 118 valence electrons. The van der Waals surface area contributed by atoms with Crippen LogP contribution in [0.1, 0.15) is 16.4 Å². The maximum absolute atomic E-state index is 12.2. The largest absolute Gasteiger partial charge is 0.351 e. The summed E-state index contributed by atoms with van der Waals surface area (Å²) in [5.41, 5.74) is 2.29. The van der Waals surface area contributed by atoms with Gasteiger partial charge in [-0.2, -0.15) is 4.98 Å². The van der Waals surface area contributed by atoms with Crippen LogP contribution in [0.5, 0.6) is 0 Å². The zero-order valence-electron chi connectivity index (χ0n) is 12.7. The Morgan fingerprint density at radius 2 is 1.88 bits per heavy atom. The Labute approximate surface area is 137 Å². The van der Waals surface area contributed by atoms with Crippen LogP contribution < -0.4 is 5.32 Å². The lowest BCUT2D eigenvalue weighted by Gasteiger charge is -1.99. The highest BCUT2D eigenvalue weighted by atomic mass is 16.5. The molecule has 0 fully saturated rings. The predicted molar refractivity (Wildman–Crippen MR) is 89.2 cm³/mol. The number of para-hydroxylation sites is 1. The maximum Gasteiger partial charge on any atom is 0.268 e. The van der Waals surface area contributed by atoms with Crippen molar-refractivity contribution in [3.63, 3.8) is 0 Å². The molecule has 0 saturated carbocycles. The van der Waals surface area contributed by atoms with Gasteiger partial charge in [-0.3, -0.25) is 4.79 Å². The predicted octanol–water partition coefficient (Wildman–Crippen LogP) is 3.15. The number of nitrogens with zero attached hydrogens (tertiary/aromatic N) is 2. The van der Waals surface area contributed by atoms with Crippen molar-refractivity contribution in [3.8, 4) is 11.4 Å². The van der Waals surface area contributed by atoms with Gasteiger partial charge in [-0.25, -0.2) is 0 Å². The zero-order valence-corrected chi connectivity index (χ0v) is 12.7. The molecule has 0 aliphatic heterocycles. The van der Waals surface area contributed by atoms with E-state index in [-0.39, 0.29) is 12.5 Å². The first-order valence-electron chi connectivity index (χ1n) is 7.53. The third kappa shape index (κ3) is 2.77. The summed E-state index contributed by atoms with van der Waals surface area (Å²) in [5, 5.41) is 7.69. The number of carbonyl (C=O) groups is 1. The van der Waals surface area contributed by atoms with Crippen LogP contribution >= 0.6 is 0 Å². The van der Waals surface area contributed by atoms with E-state index in [0.29, 0.717) is 17.4 Å². The number of benzene rings is 2. The lowest BCUT2D eigenvalue weighted by Crippen LogP contribution is -2.23. The number of fused-ring (bicyclic) bond motifs is 1. The van der Waals surface area contributed by atoms with Crippen LogP contribution in [-0.4, -0.2) is 21.0 Å². The molecular weight excluding hydrogens is 304 g/mol. The van der Waals surface area contributed by atoms with Crippen LogP contribution in [-0.2, 0) is 6.54 Å². The van der Waals surface area contributed by atoms with Gasteiger partial charge >= 0.3 is 0 Å². The van der Waals surface area contributed by atoms with E-state index in [1.165, 1.54) is 0 Å². The van der Waals surface area contributed by atoms with Crippen LogP contribution in [0.15, 0.2) is 65.2 Å². The Bertz CT molecular complexity index is 955. The number of hydrogen-bond acceptors (Lipinski definition) is 4. The van der Waals surface area contributed by atoms with E-state index in [9.17, 15) is 4.79 Å². The first-order valence-corrected chi connectivity index (χ1v) is 7.53. The zero-order chi connectivity index (χ0) is 16.4. The third-order valence-electron chi connectivity index (χ3n) is 3.67. The summed E-state index contributed by atoms with van der Waals surface area (Å²) in [7, 11) is 0. The molecule has 0 atom stereocenters. The normalized spacial score (nSPS) is 10.8. The lowest BCUT2D eigenvalue weighted by atomic mass is 10.2. The molecule has 0 radical (unpaired) electrons. The molecule has 2 heterocycles. The Kier molecular flexibility index (Phi) is 3.55. The molecule has 6 heteroatoms. The minimum absolute atomic E-state index is 0.175. The Morgan fingerprint density at radius 3 is 2.71 bits per heavy atom. The minimum atomic E-state index is -0.217. The fraction of sp³-hybridized carbons (Fsp3) is 0.0556. The van der Waals surface area contributed by atoms with Crippen molar-refractivity contribution in [2.24, 2.45) is 0 Å². The SMILES string of the molecule is O=C(NCc1nc(-c2ccccc2)no1)c1cc2ccccc2[nH]1. The average molecular weight is 318 g/mol. The van der Waals surface area contributed by atoms with Gasteiger partial charge in [0.25, 0.3) is 5.91 Å². The first kappa shape index (κ1) is 14.2. The maximum atomic E-state index is 12.2. The Morgan fingerprint density at radius 1 is 1.08 bits per heavy atom. The molecule has 0 aliphatic rings. The number of hydrogen-bond donors (Lipinski definition) is 2. The smallest absolute Gasteiger partial charge is 0.268 e. The molecule has 2 aromatic heterocycles. The molecule has 4 rings (SSSR count). The van der Waals surface area contributed by atoms with Crippen molar-refractivity contribution >= 4 is 16.8 Å². The standard InChI is InChI=1S/C18H14N4O2/c23-18(15-10-13-8-4-5-9-14(13)20-15)19-11-16-21-17(22-24-16)12-6-2-1-3-7-12/h1-10,20H,11H2,(H,19,23). The van der Waals surface area contributed by atoms with Crippen LogP contribution in [0, 0.1) is 0 Å². The number of H-pyrrole nitrogens is 1. The highest BCUT2D eigenvalue weighted by Crippen LogP contribution is 2.16. The van der Waals surface area contributed by atoms with E-state index in [1.807, 2.05) is 60.7 Å². The molecule has 0 spiro atoms. The van der Waals surface area contributed by atoms with Crippen molar-refractivity contribution in [2.45, 2.75) is 6.54 Å². The van der Waals surface area contributed by atoms with Crippen molar-refractivity contribution in [3.05, 3.63) is 72.2 Å². The number of rotatable bonds is 4. The van der Waals surface area contributed by atoms with Gasteiger partial charge in [0.15, 0.2) is 0 Å². The molecule has 2 aromatic carbocycles. The number of aromatic amines is 1. The monoisotopic (exact) mass is 318 g/mol. The van der Waals surface area contributed by atoms with E-state index in [0.717, 1.165) is 16.5 Å². The number of carbonyl (C=O) groups excluding carboxylic acids is 1. The van der Waals surface area contributed by atoms with Crippen molar-refractivity contribution in [1.29, 1.82) is 0 Å². The van der Waals surface area contributed by atoms with Gasteiger partial charge in [0.2, 0.25) is 11.7 Å². The topological polar surface area (TPSA) is 83.8 Å². The van der Waals surface area contributed by atoms with Gasteiger partial charge in [-0.1, -0.05) is 53.7 Å².